The van der Waals surface area contributed by atoms with E-state index in [9.17, 15) is 3.89 Å². The number of rotatable bonds is 1. The molecule has 1 aliphatic rings. The molecule has 0 radical (unpaired) electrons. The van der Waals surface area contributed by atoms with Crippen LogP contribution in [0.1, 0.15) is 96.8 Å². The highest BCUT2D eigenvalue weighted by Gasteiger charge is 2.24. The molecule has 1 aliphatic carbocycles. The van der Waals surface area contributed by atoms with Crippen LogP contribution >= 0.6 is 12.1 Å². The standard InChI is InChI=1S/C16H31FS/c1-16(18-17)14-12-10-8-6-4-2-3-5-7-9-11-13-15-16/h2-15H2,1H3. The summed E-state index contributed by atoms with van der Waals surface area (Å²) in [6, 6.07) is 0. The van der Waals surface area contributed by atoms with Crippen molar-refractivity contribution in [1.29, 1.82) is 0 Å². The quantitative estimate of drug-likeness (QED) is 0.504. The Morgan fingerprint density at radius 2 is 0.889 bits per heavy atom. The number of hydrogen-bond donors (Lipinski definition) is 0. The maximum absolute atomic E-state index is 13.1. The van der Waals surface area contributed by atoms with Gasteiger partial charge in [0.1, 0.15) is 0 Å². The van der Waals surface area contributed by atoms with Gasteiger partial charge in [-0.3, -0.25) is 0 Å². The molecule has 1 rings (SSSR count). The Morgan fingerprint density at radius 3 is 1.17 bits per heavy atom. The van der Waals surface area contributed by atoms with Crippen LogP contribution in [0.5, 0.6) is 0 Å². The lowest BCUT2D eigenvalue weighted by atomic mass is 9.95. The van der Waals surface area contributed by atoms with E-state index in [-0.39, 0.29) is 4.75 Å². The van der Waals surface area contributed by atoms with Gasteiger partial charge >= 0.3 is 0 Å². The minimum absolute atomic E-state index is 0.0970. The third-order valence-electron chi connectivity index (χ3n) is 4.35. The van der Waals surface area contributed by atoms with Crippen LogP contribution in [-0.4, -0.2) is 4.75 Å². The van der Waals surface area contributed by atoms with E-state index in [0.717, 1.165) is 12.8 Å². The molecule has 108 valence electrons. The molecule has 0 aromatic rings. The van der Waals surface area contributed by atoms with Gasteiger partial charge in [0.2, 0.25) is 0 Å². The second-order valence-corrected chi connectivity index (χ2v) is 7.41. The second kappa shape index (κ2) is 10.1. The molecular formula is C16H31FS. The molecule has 18 heavy (non-hydrogen) atoms. The summed E-state index contributed by atoms with van der Waals surface area (Å²) >= 11 is 0.612. The van der Waals surface area contributed by atoms with Gasteiger partial charge in [0.15, 0.2) is 0 Å². The van der Waals surface area contributed by atoms with E-state index in [1.54, 1.807) is 0 Å². The number of hydrogen-bond acceptors (Lipinski definition) is 1. The summed E-state index contributed by atoms with van der Waals surface area (Å²) in [5.74, 6) is 0. The second-order valence-electron chi connectivity index (χ2n) is 6.27. The zero-order chi connectivity index (χ0) is 13.1. The van der Waals surface area contributed by atoms with E-state index in [0.29, 0.717) is 12.1 Å². The van der Waals surface area contributed by atoms with Crippen LogP contribution in [0.2, 0.25) is 0 Å². The van der Waals surface area contributed by atoms with Crippen molar-refractivity contribution in [3.8, 4) is 0 Å². The molecule has 0 atom stereocenters. The first-order valence-corrected chi connectivity index (χ1v) is 8.78. The van der Waals surface area contributed by atoms with Gasteiger partial charge in [0.05, 0.1) is 12.1 Å². The molecule has 0 unspecified atom stereocenters. The fourth-order valence-electron chi connectivity index (χ4n) is 2.97. The summed E-state index contributed by atoms with van der Waals surface area (Å²) in [5.41, 5.74) is 0. The molecular weight excluding hydrogens is 243 g/mol. The summed E-state index contributed by atoms with van der Waals surface area (Å²) < 4.78 is 13.0. The summed E-state index contributed by atoms with van der Waals surface area (Å²) in [7, 11) is 0. The van der Waals surface area contributed by atoms with E-state index < -0.39 is 0 Å². The van der Waals surface area contributed by atoms with Crippen LogP contribution in [0.25, 0.3) is 0 Å². The molecule has 1 saturated carbocycles. The lowest BCUT2D eigenvalue weighted by Gasteiger charge is -2.24. The van der Waals surface area contributed by atoms with Crippen molar-refractivity contribution in [1.82, 2.24) is 0 Å². The lowest BCUT2D eigenvalue weighted by Crippen LogP contribution is -2.18. The first kappa shape index (κ1) is 16.3. The first-order chi connectivity index (χ1) is 8.77. The normalized spacial score (nSPS) is 25.0. The van der Waals surface area contributed by atoms with Crippen molar-refractivity contribution in [2.45, 2.75) is 102 Å². The van der Waals surface area contributed by atoms with Gasteiger partial charge in [-0.05, 0) is 19.8 Å². The highest BCUT2D eigenvalue weighted by molar-refractivity contribution is 7.95. The van der Waals surface area contributed by atoms with E-state index >= 15 is 0 Å². The largest absolute Gasteiger partial charge is 0.165 e. The average molecular weight is 274 g/mol. The smallest absolute Gasteiger partial charge is 0.0508 e. The van der Waals surface area contributed by atoms with Gasteiger partial charge in [-0.1, -0.05) is 77.0 Å². The monoisotopic (exact) mass is 274 g/mol. The van der Waals surface area contributed by atoms with Crippen LogP contribution in [-0.2, 0) is 0 Å². The van der Waals surface area contributed by atoms with E-state index in [1.165, 1.54) is 77.0 Å². The van der Waals surface area contributed by atoms with Gasteiger partial charge in [0.25, 0.3) is 0 Å². The van der Waals surface area contributed by atoms with E-state index in [1.807, 2.05) is 0 Å². The third kappa shape index (κ3) is 7.66. The van der Waals surface area contributed by atoms with Crippen molar-refractivity contribution in [2.24, 2.45) is 0 Å². The molecule has 0 nitrogen and oxygen atoms in total. The Morgan fingerprint density at radius 1 is 0.611 bits per heavy atom. The van der Waals surface area contributed by atoms with E-state index in [4.69, 9.17) is 0 Å². The minimum Gasteiger partial charge on any atom is -0.165 e. The summed E-state index contributed by atoms with van der Waals surface area (Å²) in [6.07, 6.45) is 18.3. The zero-order valence-corrected chi connectivity index (χ0v) is 13.0. The maximum Gasteiger partial charge on any atom is 0.0508 e. The molecule has 0 amide bonds. The molecule has 0 aromatic heterocycles. The summed E-state index contributed by atoms with van der Waals surface area (Å²) in [4.78, 5) is 0. The predicted molar refractivity (Wildman–Crippen MR) is 81.7 cm³/mol. The molecule has 1 fully saturated rings. The van der Waals surface area contributed by atoms with Gasteiger partial charge in [-0.15, -0.1) is 0 Å². The Balaban J connectivity index is 2.29. The Kier molecular flexibility index (Phi) is 9.18. The fraction of sp³-hybridized carbons (Fsp3) is 1.00. The Hall–Kier alpha value is 0.280. The molecule has 2 heteroatoms. The topological polar surface area (TPSA) is 0 Å². The van der Waals surface area contributed by atoms with Crippen molar-refractivity contribution >= 4 is 12.1 Å². The maximum atomic E-state index is 13.1. The van der Waals surface area contributed by atoms with Crippen LogP contribution in [0.15, 0.2) is 0 Å². The Bertz CT molecular complexity index is 178. The number of halogens is 1. The molecule has 0 saturated heterocycles. The highest BCUT2D eigenvalue weighted by Crippen LogP contribution is 2.36. The van der Waals surface area contributed by atoms with Crippen LogP contribution < -0.4 is 0 Å². The minimum atomic E-state index is -0.0970. The van der Waals surface area contributed by atoms with Crippen LogP contribution in [0.4, 0.5) is 3.89 Å². The van der Waals surface area contributed by atoms with Crippen molar-refractivity contribution in [2.75, 3.05) is 0 Å². The molecule has 0 N–H and O–H groups in total. The SMILES string of the molecule is CC1(SF)CCCCCCCCCCCCCC1. The fourth-order valence-corrected chi connectivity index (χ4v) is 3.41. The van der Waals surface area contributed by atoms with Crippen molar-refractivity contribution in [3.63, 3.8) is 0 Å². The van der Waals surface area contributed by atoms with Crippen molar-refractivity contribution < 1.29 is 3.89 Å². The molecule has 0 aliphatic heterocycles. The average Bonchev–Trinajstić information content (AvgIpc) is 2.39. The first-order valence-electron chi connectivity index (χ1n) is 8.07. The zero-order valence-electron chi connectivity index (χ0n) is 12.2. The highest BCUT2D eigenvalue weighted by atomic mass is 32.2. The molecule has 0 bridgehead atoms. The van der Waals surface area contributed by atoms with Gasteiger partial charge in [-0.2, -0.15) is 3.89 Å². The van der Waals surface area contributed by atoms with Gasteiger partial charge in [-0.25, -0.2) is 0 Å². The van der Waals surface area contributed by atoms with Crippen molar-refractivity contribution in [3.05, 3.63) is 0 Å². The predicted octanol–water partition coefficient (Wildman–Crippen LogP) is 6.84. The van der Waals surface area contributed by atoms with Crippen LogP contribution in [0, 0.1) is 0 Å². The third-order valence-corrected chi connectivity index (χ3v) is 5.13. The molecule has 0 aromatic carbocycles. The van der Waals surface area contributed by atoms with E-state index in [2.05, 4.69) is 6.92 Å². The molecule has 0 heterocycles. The summed E-state index contributed by atoms with van der Waals surface area (Å²) in [6.45, 7) is 2.12. The summed E-state index contributed by atoms with van der Waals surface area (Å²) in [5, 5.41) is 0. The van der Waals surface area contributed by atoms with Crippen LogP contribution in [0.3, 0.4) is 0 Å². The lowest BCUT2D eigenvalue weighted by molar-refractivity contribution is 0.465. The van der Waals surface area contributed by atoms with Gasteiger partial charge in [0, 0.05) is 4.75 Å². The molecule has 0 spiro atoms. The van der Waals surface area contributed by atoms with Gasteiger partial charge < -0.3 is 0 Å². The Labute approximate surface area is 118 Å².